The summed E-state index contributed by atoms with van der Waals surface area (Å²) in [5.41, 5.74) is 2.57. The third-order valence-electron chi connectivity index (χ3n) is 9.35. The molecule has 11 nitrogen and oxygen atoms in total. The van der Waals surface area contributed by atoms with Crippen molar-refractivity contribution in [1.29, 1.82) is 0 Å². The number of amides is 3. The number of alkyl halides is 3. The zero-order valence-corrected chi connectivity index (χ0v) is 39.1. The summed E-state index contributed by atoms with van der Waals surface area (Å²) in [4.78, 5) is 72.6. The number of Topliss-reactive ketones (excluding diaryl/α,β-unsaturated/α-hetero) is 2. The first kappa shape index (κ1) is 55.7. The summed E-state index contributed by atoms with van der Waals surface area (Å²) in [6, 6.07) is 29.8. The summed E-state index contributed by atoms with van der Waals surface area (Å²) < 4.78 is 36.1. The Labute approximate surface area is 379 Å². The molecule has 0 radical (unpaired) electrons. The van der Waals surface area contributed by atoms with Crippen molar-refractivity contribution in [2.45, 2.75) is 75.6 Å². The number of hydrogen-bond donors (Lipinski definition) is 5. The maximum Gasteiger partial charge on any atom is 0.446 e. The van der Waals surface area contributed by atoms with Gasteiger partial charge in [-0.1, -0.05) is 97.9 Å². The highest BCUT2D eigenvalue weighted by Crippen LogP contribution is 2.49. The molecule has 17 heteroatoms. The molecule has 62 heavy (non-hydrogen) atoms. The third kappa shape index (κ3) is 18.2. The molecule has 0 aliphatic heterocycles. The number of carbonyl (C=O) groups is 6. The van der Waals surface area contributed by atoms with Crippen molar-refractivity contribution >= 4 is 72.8 Å². The predicted molar refractivity (Wildman–Crippen MR) is 247 cm³/mol. The fourth-order valence-corrected chi connectivity index (χ4v) is 8.48. The molecule has 3 N–H and O–H groups in total. The molecule has 0 saturated heterocycles. The lowest BCUT2D eigenvalue weighted by atomic mass is 9.84. The Morgan fingerprint density at radius 3 is 1.45 bits per heavy atom. The minimum atomic E-state index is -4.64. The molecule has 0 aliphatic carbocycles. The van der Waals surface area contributed by atoms with E-state index in [1.54, 1.807) is 60.7 Å². The van der Waals surface area contributed by atoms with Crippen LogP contribution in [0, 0.1) is 11.8 Å². The van der Waals surface area contributed by atoms with Crippen molar-refractivity contribution in [2.24, 2.45) is 11.8 Å². The average molecular weight is 923 g/mol. The van der Waals surface area contributed by atoms with Crippen molar-refractivity contribution in [3.63, 3.8) is 0 Å². The lowest BCUT2D eigenvalue weighted by molar-refractivity contribution is -0.156. The molecule has 0 fully saturated rings. The van der Waals surface area contributed by atoms with E-state index in [9.17, 15) is 37.1 Å². The highest BCUT2D eigenvalue weighted by molar-refractivity contribution is 8.00. The van der Waals surface area contributed by atoms with Crippen molar-refractivity contribution in [3.05, 3.63) is 108 Å². The van der Waals surface area contributed by atoms with Crippen LogP contribution in [0.2, 0.25) is 0 Å². The number of ketones is 2. The summed E-state index contributed by atoms with van der Waals surface area (Å²) in [5, 5.41) is 8.13. The number of likely N-dealkylation sites (N-methyl/N-ethyl adjacent to an activating group) is 2. The van der Waals surface area contributed by atoms with Crippen LogP contribution in [0.1, 0.15) is 63.6 Å². The van der Waals surface area contributed by atoms with E-state index in [4.69, 9.17) is 9.53 Å². The Bertz CT molecular complexity index is 1740. The van der Waals surface area contributed by atoms with Crippen molar-refractivity contribution in [1.82, 2.24) is 20.9 Å². The minimum absolute atomic E-state index is 0.00449. The molecule has 0 aliphatic rings. The number of carbonyl (C=O) groups excluding carboxylic acids is 6. The number of hydrogen-bond acceptors (Lipinski definition) is 11. The molecule has 3 aromatic rings. The molecule has 0 spiro atoms. The van der Waals surface area contributed by atoms with Crippen LogP contribution in [0.3, 0.4) is 0 Å². The van der Waals surface area contributed by atoms with E-state index in [-0.39, 0.29) is 48.2 Å². The van der Waals surface area contributed by atoms with E-state index in [0.29, 0.717) is 23.7 Å². The first-order valence-electron chi connectivity index (χ1n) is 19.9. The molecule has 0 heterocycles. The SMILES string of the molecule is CCC(C(=O)CC(CSC(c1ccccc1)(c1ccccc1)c1ccccc1)C(=O)NC)N(C)C(=O)OC(C)(C)C.CNC(=O)C(CS)CC(=O)C(CS)NC.O=CC(F)(F)F. The zero-order chi connectivity index (χ0) is 47.1. The molecule has 0 aromatic heterocycles. The molecule has 3 aromatic carbocycles. The molecule has 342 valence electrons. The number of rotatable bonds is 19. The van der Waals surface area contributed by atoms with Crippen molar-refractivity contribution in [2.75, 3.05) is 45.4 Å². The maximum atomic E-state index is 13.6. The van der Waals surface area contributed by atoms with Gasteiger partial charge in [-0.05, 0) is 50.9 Å². The summed E-state index contributed by atoms with van der Waals surface area (Å²) in [6.45, 7) is 7.23. The Morgan fingerprint density at radius 1 is 0.726 bits per heavy atom. The number of nitrogens with zero attached hydrogens (tertiary/aromatic N) is 1. The minimum Gasteiger partial charge on any atom is -0.444 e. The lowest BCUT2D eigenvalue weighted by Crippen LogP contribution is -2.46. The number of nitrogens with one attached hydrogen (secondary N) is 3. The molecule has 3 rings (SSSR count). The van der Waals surface area contributed by atoms with E-state index in [1.165, 1.54) is 4.90 Å². The van der Waals surface area contributed by atoms with Gasteiger partial charge in [0.05, 0.1) is 28.7 Å². The summed E-state index contributed by atoms with van der Waals surface area (Å²) >= 11 is 9.76. The van der Waals surface area contributed by atoms with Gasteiger partial charge >= 0.3 is 12.3 Å². The van der Waals surface area contributed by atoms with E-state index in [1.807, 2.05) is 61.5 Å². The second-order valence-electron chi connectivity index (χ2n) is 14.9. The van der Waals surface area contributed by atoms with Crippen LogP contribution >= 0.6 is 37.0 Å². The Balaban J connectivity index is 0.000000755. The van der Waals surface area contributed by atoms with Gasteiger partial charge in [0.15, 0.2) is 11.6 Å². The summed E-state index contributed by atoms with van der Waals surface area (Å²) in [6.07, 6.45) is -5.63. The Kier molecular flexibility index (Phi) is 24.9. The van der Waals surface area contributed by atoms with E-state index >= 15 is 0 Å². The van der Waals surface area contributed by atoms with Gasteiger partial charge in [0.1, 0.15) is 5.60 Å². The van der Waals surface area contributed by atoms with Crippen LogP contribution in [-0.4, -0.2) is 110 Å². The van der Waals surface area contributed by atoms with Gasteiger partial charge in [0.2, 0.25) is 18.1 Å². The van der Waals surface area contributed by atoms with Crippen molar-refractivity contribution < 1.29 is 46.7 Å². The van der Waals surface area contributed by atoms with E-state index < -0.39 is 40.9 Å². The number of thiol groups is 2. The van der Waals surface area contributed by atoms with E-state index in [2.05, 4.69) is 77.6 Å². The number of aldehydes is 1. The molecule has 3 amide bonds. The van der Waals surface area contributed by atoms with Gasteiger partial charge < -0.3 is 25.6 Å². The Morgan fingerprint density at radius 2 is 1.13 bits per heavy atom. The van der Waals surface area contributed by atoms with Gasteiger partial charge in [-0.15, -0.1) is 11.8 Å². The van der Waals surface area contributed by atoms with Gasteiger partial charge in [0, 0.05) is 51.2 Å². The average Bonchev–Trinajstić information content (AvgIpc) is 3.26. The first-order valence-corrected chi connectivity index (χ1v) is 22.1. The van der Waals surface area contributed by atoms with Crippen LogP contribution in [0.15, 0.2) is 91.0 Å². The number of thioether (sulfide) groups is 1. The summed E-state index contributed by atoms with van der Waals surface area (Å²) in [5.74, 6) is -0.297. The molecule has 4 unspecified atom stereocenters. The molecular weight excluding hydrogens is 862 g/mol. The second-order valence-corrected chi connectivity index (χ2v) is 16.9. The lowest BCUT2D eigenvalue weighted by Gasteiger charge is -2.36. The summed E-state index contributed by atoms with van der Waals surface area (Å²) in [7, 11) is 6.42. The van der Waals surface area contributed by atoms with Crippen LogP contribution in [0.4, 0.5) is 18.0 Å². The predicted octanol–water partition coefficient (Wildman–Crippen LogP) is 7.18. The highest BCUT2D eigenvalue weighted by Gasteiger charge is 2.39. The number of halogens is 3. The molecular formula is C45H61F3N4O7S3. The maximum absolute atomic E-state index is 13.6. The fraction of sp³-hybridized carbons (Fsp3) is 0.467. The molecule has 4 atom stereocenters. The molecule has 0 bridgehead atoms. The Hall–Kier alpha value is -4.32. The number of benzene rings is 3. The first-order chi connectivity index (χ1) is 29.2. The zero-order valence-electron chi connectivity index (χ0n) is 36.5. The monoisotopic (exact) mass is 922 g/mol. The molecule has 0 saturated carbocycles. The smallest absolute Gasteiger partial charge is 0.444 e. The standard InChI is InChI=1S/C34H42N2O4S.C9H18N2O2S2.C2HF3O/c1-7-29(36(6)32(39)40-33(2,3)4)30(37)23-25(31(38)35-5)24-41-34(26-17-11-8-12-18-26,27-19-13-9-14-20-27)28-21-15-10-16-22-28;1-10-7(5-15)8(12)3-6(4-14)9(13)11-2;3-2(4,5)1-6/h8-22,25,29H,7,23-24H2,1-6H3,(H,35,38);6-7,10,14-15H,3-5H2,1-2H3,(H,11,13);1H. The van der Waals surface area contributed by atoms with Gasteiger partial charge in [-0.2, -0.15) is 38.4 Å². The normalized spacial score (nSPS) is 13.2. The van der Waals surface area contributed by atoms with Gasteiger partial charge in [-0.3, -0.25) is 24.0 Å². The van der Waals surface area contributed by atoms with Crippen molar-refractivity contribution in [3.8, 4) is 0 Å². The fourth-order valence-electron chi connectivity index (χ4n) is 6.17. The quantitative estimate of drug-likeness (QED) is 0.0479. The van der Waals surface area contributed by atoms with E-state index in [0.717, 1.165) is 16.7 Å². The van der Waals surface area contributed by atoms with Crippen LogP contribution in [0.25, 0.3) is 0 Å². The van der Waals surface area contributed by atoms with Gasteiger partial charge in [-0.25, -0.2) is 4.79 Å². The topological polar surface area (TPSA) is 151 Å². The highest BCUT2D eigenvalue weighted by atomic mass is 32.2. The van der Waals surface area contributed by atoms with Crippen LogP contribution < -0.4 is 16.0 Å². The number of ether oxygens (including phenoxy) is 1. The third-order valence-corrected chi connectivity index (χ3v) is 11.9. The second kappa shape index (κ2) is 27.7. The van der Waals surface area contributed by atoms with Crippen LogP contribution in [0.5, 0.6) is 0 Å². The van der Waals surface area contributed by atoms with Crippen LogP contribution in [-0.2, 0) is 33.5 Å². The van der Waals surface area contributed by atoms with Gasteiger partial charge in [0.25, 0.3) is 0 Å². The largest absolute Gasteiger partial charge is 0.446 e.